The molecule has 0 aromatic carbocycles. The zero-order chi connectivity index (χ0) is 13.1. The number of nitrogens with zero attached hydrogens (tertiary/aromatic N) is 1. The van der Waals surface area contributed by atoms with Crippen molar-refractivity contribution in [3.8, 4) is 0 Å². The van der Waals surface area contributed by atoms with Crippen LogP contribution in [0.3, 0.4) is 0 Å². The van der Waals surface area contributed by atoms with Crippen LogP contribution in [0.25, 0.3) is 0 Å². The number of ether oxygens (including phenoxy) is 1. The van der Waals surface area contributed by atoms with Gasteiger partial charge in [-0.3, -0.25) is 4.90 Å². The van der Waals surface area contributed by atoms with Gasteiger partial charge in [0.25, 0.3) is 0 Å². The highest BCUT2D eigenvalue weighted by atomic mass is 16.5. The van der Waals surface area contributed by atoms with E-state index in [4.69, 9.17) is 4.74 Å². The van der Waals surface area contributed by atoms with Crippen molar-refractivity contribution >= 4 is 0 Å². The Balaban J connectivity index is 1.43. The molecule has 2 aliphatic heterocycles. The SMILES string of the molecule is CC1CCNC(C2CC2)CN1CCCC1CCCO1. The van der Waals surface area contributed by atoms with Gasteiger partial charge in [-0.1, -0.05) is 0 Å². The molecule has 3 fully saturated rings. The second-order valence-corrected chi connectivity index (χ2v) is 6.81. The van der Waals surface area contributed by atoms with E-state index < -0.39 is 0 Å². The summed E-state index contributed by atoms with van der Waals surface area (Å²) in [6.07, 6.45) is 9.94. The Morgan fingerprint density at radius 3 is 2.84 bits per heavy atom. The summed E-state index contributed by atoms with van der Waals surface area (Å²) >= 11 is 0. The predicted octanol–water partition coefficient (Wildman–Crippen LogP) is 2.41. The first kappa shape index (κ1) is 13.8. The number of hydrogen-bond donors (Lipinski definition) is 1. The van der Waals surface area contributed by atoms with E-state index in [0.29, 0.717) is 6.10 Å². The fourth-order valence-electron chi connectivity index (χ4n) is 3.68. The van der Waals surface area contributed by atoms with Gasteiger partial charge in [0.15, 0.2) is 0 Å². The highest BCUT2D eigenvalue weighted by molar-refractivity contribution is 4.91. The van der Waals surface area contributed by atoms with Crippen molar-refractivity contribution in [1.29, 1.82) is 0 Å². The van der Waals surface area contributed by atoms with E-state index in [1.807, 2.05) is 0 Å². The van der Waals surface area contributed by atoms with E-state index in [2.05, 4.69) is 17.1 Å². The van der Waals surface area contributed by atoms with Gasteiger partial charge < -0.3 is 10.1 Å². The molecular weight excluding hydrogens is 236 g/mol. The summed E-state index contributed by atoms with van der Waals surface area (Å²) in [5.41, 5.74) is 0. The van der Waals surface area contributed by atoms with Crippen molar-refractivity contribution in [2.24, 2.45) is 5.92 Å². The van der Waals surface area contributed by atoms with Gasteiger partial charge in [-0.2, -0.15) is 0 Å². The standard InChI is InChI=1S/C16H30N2O/c1-13-8-9-17-16(14-6-7-14)12-18(13)10-2-4-15-5-3-11-19-15/h13-17H,2-12H2,1H3. The molecule has 0 bridgehead atoms. The average Bonchev–Trinajstić information content (AvgIpc) is 3.15. The molecule has 3 atom stereocenters. The van der Waals surface area contributed by atoms with Gasteiger partial charge in [0.2, 0.25) is 0 Å². The second-order valence-electron chi connectivity index (χ2n) is 6.81. The Bertz CT molecular complexity index is 274. The third-order valence-electron chi connectivity index (χ3n) is 5.21. The van der Waals surface area contributed by atoms with Crippen LogP contribution in [0, 0.1) is 5.92 Å². The lowest BCUT2D eigenvalue weighted by Gasteiger charge is -2.29. The van der Waals surface area contributed by atoms with Crippen LogP contribution in [-0.4, -0.2) is 49.3 Å². The Labute approximate surface area is 118 Å². The van der Waals surface area contributed by atoms with Crippen LogP contribution in [-0.2, 0) is 4.74 Å². The summed E-state index contributed by atoms with van der Waals surface area (Å²) in [6, 6.07) is 1.52. The highest BCUT2D eigenvalue weighted by Crippen LogP contribution is 2.34. The maximum atomic E-state index is 5.73. The fraction of sp³-hybridized carbons (Fsp3) is 1.00. The Hall–Kier alpha value is -0.120. The van der Waals surface area contributed by atoms with E-state index >= 15 is 0 Å². The molecule has 3 rings (SSSR count). The topological polar surface area (TPSA) is 24.5 Å². The number of hydrogen-bond acceptors (Lipinski definition) is 3. The van der Waals surface area contributed by atoms with Crippen molar-refractivity contribution in [1.82, 2.24) is 10.2 Å². The van der Waals surface area contributed by atoms with Crippen LogP contribution in [0.4, 0.5) is 0 Å². The Morgan fingerprint density at radius 1 is 1.21 bits per heavy atom. The first-order valence-electron chi connectivity index (χ1n) is 8.42. The first-order chi connectivity index (χ1) is 9.33. The molecule has 1 aliphatic carbocycles. The molecule has 1 saturated carbocycles. The van der Waals surface area contributed by atoms with Crippen LogP contribution in [0.2, 0.25) is 0 Å². The zero-order valence-corrected chi connectivity index (χ0v) is 12.4. The number of rotatable bonds is 5. The van der Waals surface area contributed by atoms with Gasteiger partial charge in [-0.05, 0) is 70.9 Å². The number of nitrogens with one attached hydrogen (secondary N) is 1. The molecule has 0 radical (unpaired) electrons. The van der Waals surface area contributed by atoms with E-state index in [9.17, 15) is 0 Å². The molecule has 3 unspecified atom stereocenters. The maximum Gasteiger partial charge on any atom is 0.0576 e. The molecule has 3 aliphatic rings. The van der Waals surface area contributed by atoms with Crippen LogP contribution in [0.15, 0.2) is 0 Å². The molecule has 0 aromatic rings. The molecule has 0 spiro atoms. The summed E-state index contributed by atoms with van der Waals surface area (Å²) in [5.74, 6) is 0.978. The van der Waals surface area contributed by atoms with Gasteiger partial charge in [-0.15, -0.1) is 0 Å². The van der Waals surface area contributed by atoms with Gasteiger partial charge in [0.1, 0.15) is 0 Å². The minimum absolute atomic E-state index is 0.569. The van der Waals surface area contributed by atoms with E-state index in [0.717, 1.165) is 24.6 Å². The van der Waals surface area contributed by atoms with Crippen molar-refractivity contribution in [2.45, 2.75) is 70.1 Å². The first-order valence-corrected chi connectivity index (χ1v) is 8.42. The normalized spacial score (nSPS) is 37.4. The third kappa shape index (κ3) is 3.93. The smallest absolute Gasteiger partial charge is 0.0576 e. The second kappa shape index (κ2) is 6.55. The molecule has 0 amide bonds. The summed E-state index contributed by atoms with van der Waals surface area (Å²) in [5, 5.41) is 3.77. The molecule has 2 heterocycles. The monoisotopic (exact) mass is 266 g/mol. The van der Waals surface area contributed by atoms with Gasteiger partial charge in [0.05, 0.1) is 6.10 Å². The minimum Gasteiger partial charge on any atom is -0.378 e. The van der Waals surface area contributed by atoms with E-state index in [-0.39, 0.29) is 0 Å². The zero-order valence-electron chi connectivity index (χ0n) is 12.4. The molecule has 0 aromatic heterocycles. The molecule has 110 valence electrons. The van der Waals surface area contributed by atoms with Crippen LogP contribution in [0.5, 0.6) is 0 Å². The molecule has 2 saturated heterocycles. The predicted molar refractivity (Wildman–Crippen MR) is 78.4 cm³/mol. The lowest BCUT2D eigenvalue weighted by Crippen LogP contribution is -2.41. The van der Waals surface area contributed by atoms with Gasteiger partial charge in [0, 0.05) is 25.2 Å². The average molecular weight is 266 g/mol. The summed E-state index contributed by atoms with van der Waals surface area (Å²) in [7, 11) is 0. The summed E-state index contributed by atoms with van der Waals surface area (Å²) in [6.45, 7) is 7.16. The molecular formula is C16H30N2O. The molecule has 3 heteroatoms. The van der Waals surface area contributed by atoms with Crippen molar-refractivity contribution in [3.63, 3.8) is 0 Å². The maximum absolute atomic E-state index is 5.73. The van der Waals surface area contributed by atoms with Crippen molar-refractivity contribution in [2.75, 3.05) is 26.2 Å². The third-order valence-corrected chi connectivity index (χ3v) is 5.21. The van der Waals surface area contributed by atoms with Crippen LogP contribution in [0.1, 0.15) is 51.9 Å². The summed E-state index contributed by atoms with van der Waals surface area (Å²) in [4.78, 5) is 2.73. The lowest BCUT2D eigenvalue weighted by atomic mass is 10.1. The summed E-state index contributed by atoms with van der Waals surface area (Å²) < 4.78 is 5.73. The minimum atomic E-state index is 0.569. The van der Waals surface area contributed by atoms with Crippen LogP contribution >= 0.6 is 0 Å². The quantitative estimate of drug-likeness (QED) is 0.827. The Kier molecular flexibility index (Phi) is 4.78. The van der Waals surface area contributed by atoms with E-state index in [1.54, 1.807) is 0 Å². The van der Waals surface area contributed by atoms with E-state index in [1.165, 1.54) is 64.6 Å². The molecule has 3 nitrogen and oxygen atoms in total. The fourth-order valence-corrected chi connectivity index (χ4v) is 3.68. The lowest BCUT2D eigenvalue weighted by molar-refractivity contribution is 0.0959. The van der Waals surface area contributed by atoms with Gasteiger partial charge in [-0.25, -0.2) is 0 Å². The van der Waals surface area contributed by atoms with Crippen LogP contribution < -0.4 is 5.32 Å². The largest absolute Gasteiger partial charge is 0.378 e. The molecule has 19 heavy (non-hydrogen) atoms. The Morgan fingerprint density at radius 2 is 2.11 bits per heavy atom. The van der Waals surface area contributed by atoms with Crippen molar-refractivity contribution in [3.05, 3.63) is 0 Å². The van der Waals surface area contributed by atoms with Crippen molar-refractivity contribution < 1.29 is 4.74 Å². The highest BCUT2D eigenvalue weighted by Gasteiger charge is 2.34. The molecule has 1 N–H and O–H groups in total. The van der Waals surface area contributed by atoms with Gasteiger partial charge >= 0.3 is 0 Å².